The first-order valence-corrected chi connectivity index (χ1v) is 5.55. The van der Waals surface area contributed by atoms with Crippen LogP contribution in [0.25, 0.3) is 0 Å². The lowest BCUT2D eigenvalue weighted by Gasteiger charge is -2.10. The van der Waals surface area contributed by atoms with Crippen LogP contribution >= 0.6 is 0 Å². The molecular weight excluding hydrogens is 237 g/mol. The van der Waals surface area contributed by atoms with Gasteiger partial charge in [-0.3, -0.25) is 4.90 Å². The predicted octanol–water partition coefficient (Wildman–Crippen LogP) is 1.20. The first kappa shape index (κ1) is 16.1. The fraction of sp³-hybridized carbons (Fsp3) is 0.667. The molecule has 8 heteroatoms. The molecule has 0 radical (unpaired) electrons. The molecule has 0 spiro atoms. The molecule has 3 N–H and O–H groups in total. The molecule has 1 rings (SSSR count). The molecule has 0 bridgehead atoms. The number of hydrogen-bond donors (Lipinski definition) is 2. The molecule has 1 aliphatic rings. The molecule has 17 heavy (non-hydrogen) atoms. The monoisotopic (exact) mass is 255 g/mol. The van der Waals surface area contributed by atoms with E-state index in [4.69, 9.17) is 5.73 Å². The first-order chi connectivity index (χ1) is 7.88. The zero-order chi connectivity index (χ0) is 13.3. The average molecular weight is 255 g/mol. The van der Waals surface area contributed by atoms with Crippen LogP contribution in [0.1, 0.15) is 26.2 Å². The van der Waals surface area contributed by atoms with Crippen LogP contribution in [0.15, 0.2) is 17.4 Å². The van der Waals surface area contributed by atoms with Gasteiger partial charge in [0.15, 0.2) is 0 Å². The quantitative estimate of drug-likeness (QED) is 0.562. The third kappa shape index (κ3) is 10.0. The van der Waals surface area contributed by atoms with Gasteiger partial charge in [-0.05, 0) is 6.42 Å². The number of halogens is 4. The smallest absolute Gasteiger partial charge is 0.418 e. The zero-order valence-corrected chi connectivity index (χ0v) is 9.80. The van der Waals surface area contributed by atoms with E-state index in [0.29, 0.717) is 6.54 Å². The summed E-state index contributed by atoms with van der Waals surface area (Å²) >= 11 is 0. The number of rotatable bonds is 5. The minimum atomic E-state index is -6.00. The van der Waals surface area contributed by atoms with Gasteiger partial charge in [-0.1, -0.05) is 13.3 Å². The normalized spacial score (nSPS) is 18.7. The largest absolute Gasteiger partial charge is 0.673 e. The Morgan fingerprint density at radius 3 is 2.41 bits per heavy atom. The van der Waals surface area contributed by atoms with Gasteiger partial charge >= 0.3 is 7.25 Å². The highest BCUT2D eigenvalue weighted by atomic mass is 19.5. The molecular formula is C9H18BF4N3. The van der Waals surface area contributed by atoms with Gasteiger partial charge in [-0.2, -0.15) is 0 Å². The Morgan fingerprint density at radius 1 is 1.35 bits per heavy atom. The molecule has 0 aliphatic carbocycles. The molecule has 0 aromatic heterocycles. The van der Waals surface area contributed by atoms with E-state index in [9.17, 15) is 17.3 Å². The van der Waals surface area contributed by atoms with Crippen LogP contribution in [0.4, 0.5) is 17.3 Å². The summed E-state index contributed by atoms with van der Waals surface area (Å²) in [5.41, 5.74) is 5.48. The fourth-order valence-electron chi connectivity index (χ4n) is 1.35. The van der Waals surface area contributed by atoms with Crippen molar-refractivity contribution in [3.63, 3.8) is 0 Å². The predicted molar refractivity (Wildman–Crippen MR) is 61.2 cm³/mol. The van der Waals surface area contributed by atoms with Gasteiger partial charge in [0.2, 0.25) is 5.84 Å². The standard InChI is InChI=1S/C9H17N3.BF4/c1-2-3-7-12-8-6-11-9(12)4-5-10;2-1(3,4)5/h6,8H,2-5,7,10H2,1H3;/q;-1/p+1. The molecule has 0 aromatic carbocycles. The molecule has 0 saturated carbocycles. The Labute approximate surface area is 98.5 Å². The minimum Gasteiger partial charge on any atom is -0.418 e. The lowest BCUT2D eigenvalue weighted by Crippen LogP contribution is -3.09. The van der Waals surface area contributed by atoms with E-state index < -0.39 is 7.25 Å². The number of hydrogen-bond acceptors (Lipinski definition) is 2. The van der Waals surface area contributed by atoms with E-state index in [1.165, 1.54) is 23.6 Å². The van der Waals surface area contributed by atoms with Gasteiger partial charge in [0.05, 0.1) is 19.2 Å². The summed E-state index contributed by atoms with van der Waals surface area (Å²) in [6.07, 6.45) is 7.42. The maximum absolute atomic E-state index is 9.75. The molecule has 0 fully saturated rings. The first-order valence-electron chi connectivity index (χ1n) is 5.55. The molecule has 1 aliphatic heterocycles. The van der Waals surface area contributed by atoms with Crippen molar-refractivity contribution in [1.82, 2.24) is 0 Å². The highest BCUT2D eigenvalue weighted by Crippen LogP contribution is 2.06. The molecule has 0 amide bonds. The SMILES string of the molecule is CCCC[NH+]1C=CN=C1CCN.F[B-](F)(F)F. The van der Waals surface area contributed by atoms with Crippen LogP contribution in [0.2, 0.25) is 0 Å². The molecule has 100 valence electrons. The number of nitrogens with one attached hydrogen (secondary N) is 1. The van der Waals surface area contributed by atoms with E-state index in [1.807, 2.05) is 6.20 Å². The van der Waals surface area contributed by atoms with Crippen molar-refractivity contribution in [3.8, 4) is 0 Å². The number of quaternary nitrogens is 1. The lowest BCUT2D eigenvalue weighted by molar-refractivity contribution is -0.746. The third-order valence-corrected chi connectivity index (χ3v) is 2.06. The van der Waals surface area contributed by atoms with E-state index in [1.54, 1.807) is 0 Å². The van der Waals surface area contributed by atoms with Crippen LogP contribution in [-0.4, -0.2) is 26.2 Å². The van der Waals surface area contributed by atoms with Crippen molar-refractivity contribution in [2.24, 2.45) is 10.7 Å². The molecule has 0 aromatic rings. The number of nitrogens with zero attached hydrogens (tertiary/aromatic N) is 1. The summed E-state index contributed by atoms with van der Waals surface area (Å²) < 4.78 is 39.0. The topological polar surface area (TPSA) is 42.8 Å². The van der Waals surface area contributed by atoms with Crippen LogP contribution in [0, 0.1) is 0 Å². The van der Waals surface area contributed by atoms with Crippen LogP contribution in [-0.2, 0) is 0 Å². The van der Waals surface area contributed by atoms with Crippen molar-refractivity contribution in [2.45, 2.75) is 26.2 Å². The average Bonchev–Trinajstić information content (AvgIpc) is 2.60. The summed E-state index contributed by atoms with van der Waals surface area (Å²) in [6, 6.07) is 0. The summed E-state index contributed by atoms with van der Waals surface area (Å²) in [4.78, 5) is 5.67. The maximum atomic E-state index is 9.75. The Bertz CT molecular complexity index is 259. The van der Waals surface area contributed by atoms with Gasteiger partial charge in [-0.25, -0.2) is 4.99 Å². The van der Waals surface area contributed by atoms with Gasteiger partial charge < -0.3 is 23.0 Å². The van der Waals surface area contributed by atoms with Gasteiger partial charge in [-0.15, -0.1) is 0 Å². The van der Waals surface area contributed by atoms with Gasteiger partial charge in [0.1, 0.15) is 6.20 Å². The van der Waals surface area contributed by atoms with E-state index in [2.05, 4.69) is 18.1 Å². The molecule has 1 heterocycles. The molecule has 1 unspecified atom stereocenters. The van der Waals surface area contributed by atoms with Crippen molar-refractivity contribution in [1.29, 1.82) is 0 Å². The van der Waals surface area contributed by atoms with Crippen molar-refractivity contribution >= 4 is 13.1 Å². The summed E-state index contributed by atoms with van der Waals surface area (Å²) in [6.45, 7) is 4.07. The summed E-state index contributed by atoms with van der Waals surface area (Å²) in [7, 11) is -6.00. The number of aliphatic imine (C=N–C) groups is 1. The maximum Gasteiger partial charge on any atom is 0.673 e. The Balaban J connectivity index is 0.000000437. The number of nitrogens with two attached hydrogens (primary N) is 1. The Morgan fingerprint density at radius 2 is 1.94 bits per heavy atom. The second kappa shape index (κ2) is 8.24. The Hall–Kier alpha value is -0.885. The molecule has 1 atom stereocenters. The van der Waals surface area contributed by atoms with Crippen molar-refractivity contribution in [3.05, 3.63) is 12.4 Å². The Kier molecular flexibility index (Phi) is 7.81. The summed E-state index contributed by atoms with van der Waals surface area (Å²) in [5, 5.41) is 0. The summed E-state index contributed by atoms with van der Waals surface area (Å²) in [5.74, 6) is 1.20. The van der Waals surface area contributed by atoms with Crippen molar-refractivity contribution < 1.29 is 22.2 Å². The molecule has 3 nitrogen and oxygen atoms in total. The van der Waals surface area contributed by atoms with E-state index in [-0.39, 0.29) is 0 Å². The third-order valence-electron chi connectivity index (χ3n) is 2.06. The second-order valence-electron chi connectivity index (χ2n) is 3.55. The minimum absolute atomic E-state index is 0.705. The van der Waals surface area contributed by atoms with Crippen LogP contribution < -0.4 is 10.6 Å². The highest BCUT2D eigenvalue weighted by molar-refractivity contribution is 6.50. The zero-order valence-electron chi connectivity index (χ0n) is 9.80. The van der Waals surface area contributed by atoms with Crippen molar-refractivity contribution in [2.75, 3.05) is 13.1 Å². The highest BCUT2D eigenvalue weighted by Gasteiger charge is 2.20. The van der Waals surface area contributed by atoms with E-state index >= 15 is 0 Å². The fourth-order valence-corrected chi connectivity index (χ4v) is 1.35. The second-order valence-corrected chi connectivity index (χ2v) is 3.55. The number of amidine groups is 1. The number of unbranched alkanes of at least 4 members (excludes halogenated alkanes) is 1. The lowest BCUT2D eigenvalue weighted by atomic mass is 10.3. The van der Waals surface area contributed by atoms with E-state index in [0.717, 1.165) is 13.0 Å². The van der Waals surface area contributed by atoms with Crippen LogP contribution in [0.3, 0.4) is 0 Å². The van der Waals surface area contributed by atoms with Gasteiger partial charge in [0.25, 0.3) is 0 Å². The van der Waals surface area contributed by atoms with Crippen LogP contribution in [0.5, 0.6) is 0 Å². The van der Waals surface area contributed by atoms with Gasteiger partial charge in [0, 0.05) is 6.54 Å². The molecule has 0 saturated heterocycles.